The third-order valence-corrected chi connectivity index (χ3v) is 5.36. The minimum Gasteiger partial charge on any atom is -0.452 e. The number of ketones is 1. The lowest BCUT2D eigenvalue weighted by Crippen LogP contribution is -2.41. The fourth-order valence-electron chi connectivity index (χ4n) is 3.71. The first kappa shape index (κ1) is 17.9. The van der Waals surface area contributed by atoms with Gasteiger partial charge in [-0.05, 0) is 44.7 Å². The van der Waals surface area contributed by atoms with Crippen molar-refractivity contribution in [2.75, 3.05) is 5.32 Å². The highest BCUT2D eigenvalue weighted by Crippen LogP contribution is 2.40. The van der Waals surface area contributed by atoms with E-state index in [4.69, 9.17) is 16.3 Å². The highest BCUT2D eigenvalue weighted by atomic mass is 35.5. The zero-order valence-electron chi connectivity index (χ0n) is 14.0. The number of rotatable bonds is 4. The van der Waals surface area contributed by atoms with Gasteiger partial charge in [-0.3, -0.25) is 14.4 Å². The molecule has 0 aromatic carbocycles. The standard InChI is InChI=1S/C18H21ClN2O4/c1-10(17(23)21-14-6-3-7-20-16(14)19)25-18(24)13-8-11-4-2-5-12(9-13)15(11)22/h3,6-7,10-13H,2,4-5,8-9H2,1H3,(H,21,23). The van der Waals surface area contributed by atoms with Crippen molar-refractivity contribution in [3.05, 3.63) is 23.5 Å². The van der Waals surface area contributed by atoms with Crippen LogP contribution in [0.2, 0.25) is 5.15 Å². The van der Waals surface area contributed by atoms with Crippen molar-refractivity contribution in [1.82, 2.24) is 4.98 Å². The molecule has 2 fully saturated rings. The molecule has 6 nitrogen and oxygen atoms in total. The summed E-state index contributed by atoms with van der Waals surface area (Å²) in [5.41, 5.74) is 0.370. The molecule has 0 aliphatic heterocycles. The number of ether oxygens (including phenoxy) is 1. The predicted molar refractivity (Wildman–Crippen MR) is 92.0 cm³/mol. The smallest absolute Gasteiger partial charge is 0.309 e. The van der Waals surface area contributed by atoms with Gasteiger partial charge < -0.3 is 10.1 Å². The van der Waals surface area contributed by atoms with Crippen LogP contribution in [0.3, 0.4) is 0 Å². The van der Waals surface area contributed by atoms with E-state index in [1.165, 1.54) is 13.1 Å². The van der Waals surface area contributed by atoms with Crippen molar-refractivity contribution in [2.45, 2.75) is 45.1 Å². The molecular formula is C18H21ClN2O4. The molecule has 3 rings (SSSR count). The SMILES string of the molecule is CC(OC(=O)C1CC2CCCC(C1)C2=O)C(=O)Nc1cccnc1Cl. The molecule has 3 unspecified atom stereocenters. The summed E-state index contributed by atoms with van der Waals surface area (Å²) in [7, 11) is 0. The molecule has 3 atom stereocenters. The number of nitrogens with one attached hydrogen (secondary N) is 1. The van der Waals surface area contributed by atoms with Gasteiger partial charge in [0.25, 0.3) is 5.91 Å². The summed E-state index contributed by atoms with van der Waals surface area (Å²) in [5, 5.41) is 2.77. The van der Waals surface area contributed by atoms with Crippen molar-refractivity contribution in [1.29, 1.82) is 0 Å². The van der Waals surface area contributed by atoms with Gasteiger partial charge in [0.2, 0.25) is 0 Å². The molecule has 1 N–H and O–H groups in total. The maximum atomic E-state index is 12.4. The van der Waals surface area contributed by atoms with E-state index in [1.807, 2.05) is 0 Å². The lowest BCUT2D eigenvalue weighted by molar-refractivity contribution is -0.161. The normalized spacial score (nSPS) is 26.6. The molecule has 1 heterocycles. The second kappa shape index (κ2) is 7.52. The Hall–Kier alpha value is -1.95. The number of esters is 1. The molecule has 25 heavy (non-hydrogen) atoms. The summed E-state index contributed by atoms with van der Waals surface area (Å²) in [6.07, 6.45) is 4.41. The van der Waals surface area contributed by atoms with E-state index in [2.05, 4.69) is 10.3 Å². The number of hydrogen-bond acceptors (Lipinski definition) is 5. The largest absolute Gasteiger partial charge is 0.452 e. The summed E-state index contributed by atoms with van der Waals surface area (Å²) in [5.74, 6) is -0.913. The number of hydrogen-bond donors (Lipinski definition) is 1. The van der Waals surface area contributed by atoms with E-state index in [1.54, 1.807) is 12.1 Å². The van der Waals surface area contributed by atoms with Crippen LogP contribution in [0.15, 0.2) is 18.3 Å². The van der Waals surface area contributed by atoms with Gasteiger partial charge >= 0.3 is 5.97 Å². The second-order valence-corrected chi connectivity index (χ2v) is 7.16. The number of pyridine rings is 1. The lowest BCUT2D eigenvalue weighted by Gasteiger charge is -2.36. The zero-order chi connectivity index (χ0) is 18.0. The minimum absolute atomic E-state index is 0.0246. The van der Waals surface area contributed by atoms with Gasteiger partial charge in [-0.2, -0.15) is 0 Å². The Labute approximate surface area is 151 Å². The third kappa shape index (κ3) is 4.00. The monoisotopic (exact) mass is 364 g/mol. The first-order valence-electron chi connectivity index (χ1n) is 8.61. The Balaban J connectivity index is 1.56. The van der Waals surface area contributed by atoms with Crippen LogP contribution in [0.25, 0.3) is 0 Å². The van der Waals surface area contributed by atoms with E-state index in [0.29, 0.717) is 24.3 Å². The number of carbonyl (C=O) groups is 3. The van der Waals surface area contributed by atoms with Gasteiger partial charge in [-0.25, -0.2) is 4.98 Å². The fraction of sp³-hybridized carbons (Fsp3) is 0.556. The van der Waals surface area contributed by atoms with E-state index >= 15 is 0 Å². The number of carbonyl (C=O) groups excluding carboxylic acids is 3. The molecule has 1 amide bonds. The number of aromatic nitrogens is 1. The molecule has 0 radical (unpaired) electrons. The summed E-state index contributed by atoms with van der Waals surface area (Å²) in [6, 6.07) is 3.27. The van der Waals surface area contributed by atoms with E-state index in [9.17, 15) is 14.4 Å². The molecule has 0 spiro atoms. The van der Waals surface area contributed by atoms with Crippen LogP contribution in [0, 0.1) is 17.8 Å². The molecule has 1 aromatic rings. The van der Waals surface area contributed by atoms with Crippen molar-refractivity contribution < 1.29 is 19.1 Å². The minimum atomic E-state index is -0.943. The lowest BCUT2D eigenvalue weighted by atomic mass is 9.67. The molecule has 0 saturated heterocycles. The van der Waals surface area contributed by atoms with Gasteiger partial charge in [0.1, 0.15) is 5.78 Å². The van der Waals surface area contributed by atoms with E-state index < -0.39 is 18.0 Å². The molecule has 7 heteroatoms. The topological polar surface area (TPSA) is 85.4 Å². The summed E-state index contributed by atoms with van der Waals surface area (Å²) in [6.45, 7) is 1.52. The summed E-state index contributed by atoms with van der Waals surface area (Å²) in [4.78, 5) is 40.6. The second-order valence-electron chi connectivity index (χ2n) is 6.81. The molecular weight excluding hydrogens is 344 g/mol. The van der Waals surface area contributed by atoms with Crippen LogP contribution in [0.5, 0.6) is 0 Å². The summed E-state index contributed by atoms with van der Waals surface area (Å²) >= 11 is 5.90. The molecule has 2 aliphatic carbocycles. The third-order valence-electron chi connectivity index (χ3n) is 5.06. The Morgan fingerprint density at radius 1 is 1.32 bits per heavy atom. The highest BCUT2D eigenvalue weighted by molar-refractivity contribution is 6.32. The van der Waals surface area contributed by atoms with Crippen molar-refractivity contribution in [2.24, 2.45) is 17.8 Å². The van der Waals surface area contributed by atoms with Crippen LogP contribution in [-0.2, 0) is 19.1 Å². The maximum absolute atomic E-state index is 12.4. The fourth-order valence-corrected chi connectivity index (χ4v) is 3.88. The Kier molecular flexibility index (Phi) is 5.37. The highest BCUT2D eigenvalue weighted by Gasteiger charge is 2.42. The number of anilines is 1. The average molecular weight is 365 g/mol. The maximum Gasteiger partial charge on any atom is 0.309 e. The predicted octanol–water partition coefficient (Wildman–Crippen LogP) is 3.00. The van der Waals surface area contributed by atoms with E-state index in [0.717, 1.165) is 19.3 Å². The Bertz CT molecular complexity index is 677. The van der Waals surface area contributed by atoms with Gasteiger partial charge in [0, 0.05) is 18.0 Å². The van der Waals surface area contributed by atoms with Gasteiger partial charge in [0.05, 0.1) is 11.6 Å². The van der Waals surface area contributed by atoms with Crippen molar-refractivity contribution in [3.63, 3.8) is 0 Å². The van der Waals surface area contributed by atoms with Gasteiger partial charge in [0.15, 0.2) is 11.3 Å². The number of halogens is 1. The molecule has 1 aromatic heterocycles. The first-order chi connectivity index (χ1) is 12.0. The van der Waals surface area contributed by atoms with Crippen LogP contribution in [0.4, 0.5) is 5.69 Å². The number of amides is 1. The molecule has 2 aliphatic rings. The van der Waals surface area contributed by atoms with Crippen molar-refractivity contribution >= 4 is 34.9 Å². The molecule has 2 bridgehead atoms. The first-order valence-corrected chi connectivity index (χ1v) is 8.99. The Morgan fingerprint density at radius 2 is 2.00 bits per heavy atom. The van der Waals surface area contributed by atoms with Gasteiger partial charge in [-0.15, -0.1) is 0 Å². The van der Waals surface area contributed by atoms with E-state index in [-0.39, 0.29) is 22.9 Å². The Morgan fingerprint density at radius 3 is 2.64 bits per heavy atom. The number of nitrogens with zero attached hydrogens (tertiary/aromatic N) is 1. The van der Waals surface area contributed by atoms with Crippen LogP contribution in [-0.4, -0.2) is 28.7 Å². The molecule has 2 saturated carbocycles. The summed E-state index contributed by atoms with van der Waals surface area (Å²) < 4.78 is 5.34. The van der Waals surface area contributed by atoms with Crippen LogP contribution < -0.4 is 5.32 Å². The van der Waals surface area contributed by atoms with Crippen LogP contribution >= 0.6 is 11.6 Å². The number of Topliss-reactive ketones (excluding diaryl/α,β-unsaturated/α-hetero) is 1. The molecule has 134 valence electrons. The van der Waals surface area contributed by atoms with Crippen LogP contribution in [0.1, 0.15) is 39.0 Å². The van der Waals surface area contributed by atoms with Gasteiger partial charge in [-0.1, -0.05) is 18.0 Å². The van der Waals surface area contributed by atoms with Crippen molar-refractivity contribution in [3.8, 4) is 0 Å². The number of fused-ring (bicyclic) bond motifs is 2. The average Bonchev–Trinajstić information content (AvgIpc) is 2.56. The quantitative estimate of drug-likeness (QED) is 0.655. The zero-order valence-corrected chi connectivity index (χ0v) is 14.8.